The van der Waals surface area contributed by atoms with Crippen molar-refractivity contribution in [3.63, 3.8) is 0 Å². The van der Waals surface area contributed by atoms with E-state index >= 15 is 0 Å². The molecule has 1 aliphatic rings. The molecule has 0 bridgehead atoms. The monoisotopic (exact) mass is 269 g/mol. The molecule has 0 aromatic heterocycles. The lowest BCUT2D eigenvalue weighted by atomic mass is 10.1. The molecule has 0 radical (unpaired) electrons. The number of anilines is 1. The van der Waals surface area contributed by atoms with Gasteiger partial charge in [0.25, 0.3) is 0 Å². The first-order valence-corrected chi connectivity index (χ1v) is 6.36. The Labute approximate surface area is 111 Å². The number of hydrogen-bond acceptors (Lipinski definition) is 3. The molecule has 1 saturated heterocycles. The van der Waals surface area contributed by atoms with Gasteiger partial charge in [0.1, 0.15) is 6.54 Å². The van der Waals surface area contributed by atoms with Gasteiger partial charge < -0.3 is 14.7 Å². The van der Waals surface area contributed by atoms with Crippen LogP contribution < -0.4 is 4.90 Å². The maximum atomic E-state index is 11.0. The molecule has 98 valence electrons. The summed E-state index contributed by atoms with van der Waals surface area (Å²) in [6, 6.07) is 7.36. The van der Waals surface area contributed by atoms with Crippen LogP contribution in [0.15, 0.2) is 24.3 Å². The largest absolute Gasteiger partial charge is 0.480 e. The average molecular weight is 270 g/mol. The third kappa shape index (κ3) is 3.37. The van der Waals surface area contributed by atoms with Gasteiger partial charge in [0.05, 0.1) is 12.6 Å². The number of carboxylic acids is 1. The van der Waals surface area contributed by atoms with Gasteiger partial charge in [-0.1, -0.05) is 11.6 Å². The second kappa shape index (κ2) is 6.07. The van der Waals surface area contributed by atoms with Crippen molar-refractivity contribution in [2.45, 2.75) is 18.9 Å². The molecule has 5 heteroatoms. The van der Waals surface area contributed by atoms with E-state index in [1.54, 1.807) is 12.1 Å². The van der Waals surface area contributed by atoms with Crippen LogP contribution in [0.3, 0.4) is 0 Å². The molecule has 1 unspecified atom stereocenters. The zero-order valence-corrected chi connectivity index (χ0v) is 10.8. The van der Waals surface area contributed by atoms with Crippen LogP contribution in [0.2, 0.25) is 5.02 Å². The number of nitrogens with zero attached hydrogens (tertiary/aromatic N) is 1. The van der Waals surface area contributed by atoms with Crippen LogP contribution >= 0.6 is 11.6 Å². The molecular formula is C13H16ClNO3. The predicted molar refractivity (Wildman–Crippen MR) is 70.3 cm³/mol. The minimum Gasteiger partial charge on any atom is -0.480 e. The first-order chi connectivity index (χ1) is 8.66. The lowest BCUT2D eigenvalue weighted by molar-refractivity contribution is -0.135. The van der Waals surface area contributed by atoms with Crippen LogP contribution in [0.25, 0.3) is 0 Å². The summed E-state index contributed by atoms with van der Waals surface area (Å²) in [5.41, 5.74) is 0.873. The highest BCUT2D eigenvalue weighted by Gasteiger charge is 2.23. The highest BCUT2D eigenvalue weighted by atomic mass is 35.5. The molecule has 1 aromatic carbocycles. The molecule has 1 atom stereocenters. The van der Waals surface area contributed by atoms with Crippen LogP contribution in [-0.2, 0) is 9.53 Å². The van der Waals surface area contributed by atoms with E-state index in [4.69, 9.17) is 21.4 Å². The fourth-order valence-electron chi connectivity index (χ4n) is 2.18. The zero-order chi connectivity index (χ0) is 13.0. The van der Waals surface area contributed by atoms with Gasteiger partial charge in [-0.15, -0.1) is 0 Å². The van der Waals surface area contributed by atoms with E-state index in [0.29, 0.717) is 11.6 Å². The number of hydrogen-bond donors (Lipinski definition) is 1. The molecule has 0 saturated carbocycles. The Morgan fingerprint density at radius 3 is 2.72 bits per heavy atom. The average Bonchev–Trinajstić information content (AvgIpc) is 2.38. The van der Waals surface area contributed by atoms with E-state index in [2.05, 4.69) is 0 Å². The summed E-state index contributed by atoms with van der Waals surface area (Å²) in [6.45, 7) is 1.32. The van der Waals surface area contributed by atoms with E-state index in [0.717, 1.165) is 25.1 Å². The van der Waals surface area contributed by atoms with Crippen molar-refractivity contribution >= 4 is 23.3 Å². The van der Waals surface area contributed by atoms with Crippen LogP contribution in [0.4, 0.5) is 5.69 Å². The molecule has 1 fully saturated rings. The standard InChI is InChI=1S/C13H16ClNO3/c14-10-3-5-11(6-4-10)15(8-13(16)17)12-2-1-7-18-9-12/h3-6,12H,1-2,7-9H2,(H,16,17). The van der Waals surface area contributed by atoms with E-state index in [1.807, 2.05) is 17.0 Å². The van der Waals surface area contributed by atoms with E-state index in [9.17, 15) is 4.79 Å². The summed E-state index contributed by atoms with van der Waals surface area (Å²) in [5.74, 6) is -0.837. The van der Waals surface area contributed by atoms with E-state index in [1.165, 1.54) is 0 Å². The van der Waals surface area contributed by atoms with Crippen molar-refractivity contribution in [2.75, 3.05) is 24.7 Å². The first-order valence-electron chi connectivity index (χ1n) is 5.98. The second-order valence-corrected chi connectivity index (χ2v) is 4.81. The van der Waals surface area contributed by atoms with Crippen molar-refractivity contribution in [3.05, 3.63) is 29.3 Å². The Morgan fingerprint density at radius 1 is 1.44 bits per heavy atom. The SMILES string of the molecule is O=C(O)CN(c1ccc(Cl)cc1)C1CCCOC1. The zero-order valence-electron chi connectivity index (χ0n) is 10.0. The molecular weight excluding hydrogens is 254 g/mol. The lowest BCUT2D eigenvalue weighted by Gasteiger charge is -2.34. The number of carbonyl (C=O) groups is 1. The van der Waals surface area contributed by atoms with Gasteiger partial charge in [-0.3, -0.25) is 4.79 Å². The van der Waals surface area contributed by atoms with Crippen LogP contribution in [0, 0.1) is 0 Å². The number of ether oxygens (including phenoxy) is 1. The number of benzene rings is 1. The third-order valence-corrected chi connectivity index (χ3v) is 3.29. The number of carboxylic acid groups (broad SMARTS) is 1. The Balaban J connectivity index is 2.17. The molecule has 1 heterocycles. The maximum absolute atomic E-state index is 11.0. The van der Waals surface area contributed by atoms with Crippen LogP contribution in [0.1, 0.15) is 12.8 Å². The first kappa shape index (κ1) is 13.2. The summed E-state index contributed by atoms with van der Waals surface area (Å²) in [4.78, 5) is 12.9. The van der Waals surface area contributed by atoms with Crippen molar-refractivity contribution in [3.8, 4) is 0 Å². The predicted octanol–water partition coefficient (Wildman–Crippen LogP) is 2.41. The van der Waals surface area contributed by atoms with Gasteiger partial charge in [-0.05, 0) is 37.1 Å². The molecule has 18 heavy (non-hydrogen) atoms. The molecule has 1 aliphatic heterocycles. The fraction of sp³-hybridized carbons (Fsp3) is 0.462. The summed E-state index contributed by atoms with van der Waals surface area (Å²) in [6.07, 6.45) is 1.92. The van der Waals surface area contributed by atoms with Crippen LogP contribution in [-0.4, -0.2) is 36.9 Å². The minimum atomic E-state index is -0.837. The second-order valence-electron chi connectivity index (χ2n) is 4.37. The van der Waals surface area contributed by atoms with Gasteiger partial charge in [0.15, 0.2) is 0 Å². The molecule has 2 rings (SSSR count). The van der Waals surface area contributed by atoms with Crippen molar-refractivity contribution in [1.29, 1.82) is 0 Å². The van der Waals surface area contributed by atoms with Gasteiger partial charge >= 0.3 is 5.97 Å². The van der Waals surface area contributed by atoms with E-state index in [-0.39, 0.29) is 12.6 Å². The maximum Gasteiger partial charge on any atom is 0.323 e. The molecule has 0 aliphatic carbocycles. The normalized spacial score (nSPS) is 19.5. The van der Waals surface area contributed by atoms with Gasteiger partial charge in [-0.25, -0.2) is 0 Å². The summed E-state index contributed by atoms with van der Waals surface area (Å²) >= 11 is 5.85. The smallest absolute Gasteiger partial charge is 0.323 e. The van der Waals surface area contributed by atoms with Gasteiger partial charge in [-0.2, -0.15) is 0 Å². The Kier molecular flexibility index (Phi) is 4.44. The summed E-state index contributed by atoms with van der Waals surface area (Å²) < 4.78 is 5.43. The number of halogens is 1. The Bertz CT molecular complexity index is 401. The van der Waals surface area contributed by atoms with Crippen molar-refractivity contribution < 1.29 is 14.6 Å². The number of rotatable bonds is 4. The lowest BCUT2D eigenvalue weighted by Crippen LogP contribution is -2.44. The molecule has 1 N–H and O–H groups in total. The van der Waals surface area contributed by atoms with Gasteiger partial charge in [0.2, 0.25) is 0 Å². The highest BCUT2D eigenvalue weighted by molar-refractivity contribution is 6.30. The van der Waals surface area contributed by atoms with Crippen molar-refractivity contribution in [1.82, 2.24) is 0 Å². The molecule has 0 spiro atoms. The summed E-state index contributed by atoms with van der Waals surface area (Å²) in [7, 11) is 0. The van der Waals surface area contributed by atoms with Crippen molar-refractivity contribution in [2.24, 2.45) is 0 Å². The topological polar surface area (TPSA) is 49.8 Å². The molecule has 1 aromatic rings. The van der Waals surface area contributed by atoms with Gasteiger partial charge in [0, 0.05) is 17.3 Å². The number of aliphatic carboxylic acids is 1. The minimum absolute atomic E-state index is 0.0182. The van der Waals surface area contributed by atoms with E-state index < -0.39 is 5.97 Å². The Morgan fingerprint density at radius 2 is 2.17 bits per heavy atom. The molecule has 4 nitrogen and oxygen atoms in total. The highest BCUT2D eigenvalue weighted by Crippen LogP contribution is 2.23. The molecule has 0 amide bonds. The summed E-state index contributed by atoms with van der Waals surface area (Å²) in [5, 5.41) is 9.67. The quantitative estimate of drug-likeness (QED) is 0.912. The fourth-order valence-corrected chi connectivity index (χ4v) is 2.31. The third-order valence-electron chi connectivity index (χ3n) is 3.04. The Hall–Kier alpha value is -1.26. The van der Waals surface area contributed by atoms with Crippen LogP contribution in [0.5, 0.6) is 0 Å².